The number of rotatable bonds is 15. The number of nitrogens with zero attached hydrogens (tertiary/aromatic N) is 2. The average molecular weight is 1110 g/mol. The van der Waals surface area contributed by atoms with Gasteiger partial charge in [-0.05, 0) is 84.7 Å². The van der Waals surface area contributed by atoms with Gasteiger partial charge in [0.1, 0.15) is 23.7 Å². The number of carbonyl (C=O) groups excluding carboxylic acids is 2. The highest BCUT2D eigenvalue weighted by molar-refractivity contribution is 7.74. The number of Topliss-reactive ketones (excluding diaryl/α,β-unsaturated/α-hetero) is 1. The number of fused-ring (bicyclic) bond motifs is 6. The quantitative estimate of drug-likeness (QED) is 0.0317. The second-order valence-electron chi connectivity index (χ2n) is 26.7. The number of benzene rings is 2. The van der Waals surface area contributed by atoms with Crippen molar-refractivity contribution in [3.63, 3.8) is 0 Å². The fraction of sp³-hybridized carbons (Fsp3) is 0.696. The number of hydrogen-bond donors (Lipinski definition) is 0. The van der Waals surface area contributed by atoms with E-state index in [2.05, 4.69) is 173 Å². The van der Waals surface area contributed by atoms with Crippen molar-refractivity contribution in [2.75, 3.05) is 27.4 Å². The summed E-state index contributed by atoms with van der Waals surface area (Å²) in [6.07, 6.45) is 8.88. The van der Waals surface area contributed by atoms with E-state index in [0.717, 1.165) is 69.5 Å². The first-order valence-corrected chi connectivity index (χ1v) is 39.5. The number of ketones is 1. The van der Waals surface area contributed by atoms with E-state index in [1.807, 2.05) is 18.2 Å². The minimum absolute atomic E-state index is 0.0545. The van der Waals surface area contributed by atoms with Gasteiger partial charge in [0.15, 0.2) is 39.6 Å². The number of carbonyl (C=O) groups is 2. The van der Waals surface area contributed by atoms with Crippen molar-refractivity contribution < 1.29 is 55.2 Å². The van der Waals surface area contributed by atoms with Gasteiger partial charge in [-0.15, -0.1) is 6.42 Å². The highest BCUT2D eigenvalue weighted by Crippen LogP contribution is 2.56. The Labute approximate surface area is 450 Å². The van der Waals surface area contributed by atoms with Crippen LogP contribution in [0.3, 0.4) is 0 Å². The largest absolute Gasteiger partial charge is 0.489 e. The van der Waals surface area contributed by atoms with E-state index in [4.69, 9.17) is 39.1 Å². The molecular weight excluding hydrogens is 1020 g/mol. The van der Waals surface area contributed by atoms with E-state index < -0.39 is 52.1 Å². The lowest BCUT2D eigenvalue weighted by Gasteiger charge is -2.42. The van der Waals surface area contributed by atoms with Crippen LogP contribution in [0.5, 0.6) is 11.5 Å². The summed E-state index contributed by atoms with van der Waals surface area (Å²) >= 11 is 0. The third kappa shape index (κ3) is 13.7. The van der Waals surface area contributed by atoms with E-state index in [1.165, 1.54) is 5.56 Å². The molecule has 414 valence electrons. The second-order valence-corrected chi connectivity index (χ2v) is 48.0. The molecule has 2 aromatic carbocycles. The first-order valence-electron chi connectivity index (χ1n) is 26.3. The summed E-state index contributed by atoms with van der Waals surface area (Å²) in [5.74, 6) is 4.83. The zero-order valence-electron chi connectivity index (χ0n) is 49.4. The van der Waals surface area contributed by atoms with Crippen LogP contribution in [-0.4, -0.2) is 107 Å². The first kappa shape index (κ1) is 63.7. The molecule has 18 heteroatoms. The van der Waals surface area contributed by atoms with Gasteiger partial charge >= 0.3 is 13.0 Å². The molecule has 2 saturated carbocycles. The monoisotopic (exact) mass is 1110 g/mol. The van der Waals surface area contributed by atoms with Gasteiger partial charge < -0.3 is 41.8 Å². The van der Waals surface area contributed by atoms with Crippen molar-refractivity contribution in [2.45, 2.75) is 212 Å². The van der Waals surface area contributed by atoms with Crippen molar-refractivity contribution in [3.05, 3.63) is 64.2 Å². The highest BCUT2D eigenvalue weighted by Gasteiger charge is 2.56. The summed E-state index contributed by atoms with van der Waals surface area (Å²) in [4.78, 5) is 24.9. The minimum Gasteiger partial charge on any atom is -0.489 e. The lowest BCUT2D eigenvalue weighted by molar-refractivity contribution is -0.114. The van der Waals surface area contributed by atoms with Gasteiger partial charge in [-0.25, -0.2) is 4.57 Å². The molecule has 0 spiro atoms. The zero-order chi connectivity index (χ0) is 56.6. The van der Waals surface area contributed by atoms with Crippen molar-refractivity contribution in [1.29, 1.82) is 0 Å². The SMILES string of the molecule is C#Cc1cccc2c1O[C@H]1C[C@@H](O[Si](C)(C)C(C)(C)C)[C@H](CO[Si](C)(C)C(C)(C)C)[C@@H]21.CC(C)(C)[Si](C)(C)OC[C@@H]1[C@H]2c3cccc(C=O)c3O[C@H]2C[C@H]1O[Si](C)(C)C(C)(C)C.COP(=O)(OC)C(=[N+]=[N-])C(C)=O. The molecule has 0 N–H and O–H groups in total. The molecule has 2 aliphatic carbocycles. The van der Waals surface area contributed by atoms with Crippen molar-refractivity contribution in [2.24, 2.45) is 11.8 Å². The molecule has 0 bridgehead atoms. The summed E-state index contributed by atoms with van der Waals surface area (Å²) in [6.45, 7) is 48.7. The van der Waals surface area contributed by atoms with Gasteiger partial charge in [0.05, 0.1) is 23.3 Å². The molecule has 0 saturated heterocycles. The Morgan fingerprint density at radius 1 is 0.689 bits per heavy atom. The van der Waals surface area contributed by atoms with E-state index in [0.29, 0.717) is 12.2 Å². The zero-order valence-corrected chi connectivity index (χ0v) is 54.3. The number of para-hydroxylation sites is 2. The van der Waals surface area contributed by atoms with Gasteiger partial charge in [-0.1, -0.05) is 113 Å². The van der Waals surface area contributed by atoms with Crippen LogP contribution in [0.1, 0.15) is 142 Å². The van der Waals surface area contributed by atoms with Crippen LogP contribution < -0.4 is 9.47 Å². The Hall–Kier alpha value is -2.82. The second kappa shape index (κ2) is 23.3. The maximum atomic E-state index is 11.6. The standard InChI is InChI=1S/C26H42O3Si2.C25H42O4Si2.C5H9N2O4P/c1-12-18-14-13-15-19-23-20(17-27-30(8,9)25(2,3)4)21(16-22(23)28-24(18)19)29-31(10,11)26(5,6)7;1-24(2,3)30(7,8)27-16-19-20(29-31(9,10)25(4,5)6)14-21-22(19)18-13-11-12-17(15-26)23(18)28-21;1-4(8)5(7-6)12(9,10-2)11-3/h1,13-15,20-23H,16-17H2,2-11H3;11-13,15,19-22H,14,16H2,1-10H3;1-3H3/t20-,21+,22-,23+;19-,20+,21-,22+;/m00./s1. The molecule has 2 heterocycles. The molecule has 13 nitrogen and oxygen atoms in total. The Bertz CT molecular complexity index is 2470. The lowest BCUT2D eigenvalue weighted by atomic mass is 9.88. The minimum atomic E-state index is -3.70. The fourth-order valence-corrected chi connectivity index (χ4v) is 14.9. The van der Waals surface area contributed by atoms with Gasteiger partial charge in [-0.2, -0.15) is 4.79 Å². The predicted octanol–water partition coefficient (Wildman–Crippen LogP) is 14.4. The normalized spacial score (nSPS) is 23.8. The molecule has 2 aliphatic heterocycles. The lowest BCUT2D eigenvalue weighted by Crippen LogP contribution is -2.47. The van der Waals surface area contributed by atoms with Gasteiger partial charge in [0.25, 0.3) is 0 Å². The molecule has 0 amide bonds. The Morgan fingerprint density at radius 2 is 1.07 bits per heavy atom. The Balaban J connectivity index is 0.000000264. The number of hydrogen-bond acceptors (Lipinski definition) is 11. The summed E-state index contributed by atoms with van der Waals surface area (Å²) in [6, 6.07) is 12.2. The Morgan fingerprint density at radius 3 is 1.39 bits per heavy atom. The summed E-state index contributed by atoms with van der Waals surface area (Å²) in [5, 5.41) is 0.668. The number of ether oxygens (including phenoxy) is 2. The third-order valence-corrected chi connectivity index (χ3v) is 37.7. The smallest absolute Gasteiger partial charge is 0.446 e. The van der Waals surface area contributed by atoms with Crippen LogP contribution in [0.2, 0.25) is 72.5 Å². The topological polar surface area (TPSA) is 161 Å². The van der Waals surface area contributed by atoms with Gasteiger partial charge in [-0.3, -0.25) is 9.59 Å². The fourth-order valence-electron chi connectivity index (χ4n) is 9.06. The summed E-state index contributed by atoms with van der Waals surface area (Å²) in [5.41, 5.74) is 11.6. The number of aldehydes is 1. The van der Waals surface area contributed by atoms with Crippen LogP contribution in [0.25, 0.3) is 5.53 Å². The molecule has 2 fully saturated rings. The van der Waals surface area contributed by atoms with Crippen LogP contribution in [0.4, 0.5) is 0 Å². The number of terminal acetylenes is 1. The summed E-state index contributed by atoms with van der Waals surface area (Å²) in [7, 11) is -9.11. The molecule has 0 aromatic heterocycles. The van der Waals surface area contributed by atoms with Crippen LogP contribution in [0, 0.1) is 24.2 Å². The molecule has 0 radical (unpaired) electrons. The molecule has 0 unspecified atom stereocenters. The van der Waals surface area contributed by atoms with Gasteiger partial charge in [0.2, 0.25) is 5.78 Å². The maximum Gasteiger partial charge on any atom is 0.446 e. The molecular formula is C56H93N2O11PSi4. The van der Waals surface area contributed by atoms with Crippen molar-refractivity contribution >= 4 is 58.4 Å². The van der Waals surface area contributed by atoms with E-state index in [-0.39, 0.29) is 68.2 Å². The van der Waals surface area contributed by atoms with Crippen molar-refractivity contribution in [1.82, 2.24) is 0 Å². The van der Waals surface area contributed by atoms with Crippen molar-refractivity contribution in [3.8, 4) is 23.8 Å². The maximum absolute atomic E-state index is 11.6. The van der Waals surface area contributed by atoms with Crippen LogP contribution in [-0.2, 0) is 36.1 Å². The highest BCUT2D eigenvalue weighted by atomic mass is 31.2. The first-order chi connectivity index (χ1) is 33.7. The van der Waals surface area contributed by atoms with Crippen LogP contribution >= 0.6 is 7.60 Å². The third-order valence-electron chi connectivity index (χ3n) is 17.8. The van der Waals surface area contributed by atoms with Crippen LogP contribution in [0.15, 0.2) is 36.4 Å². The molecule has 6 rings (SSSR count). The average Bonchev–Trinajstić information content (AvgIpc) is 4.01. The summed E-state index contributed by atoms with van der Waals surface area (Å²) < 4.78 is 60.5. The van der Waals surface area contributed by atoms with E-state index >= 15 is 0 Å². The van der Waals surface area contributed by atoms with E-state index in [9.17, 15) is 14.2 Å². The molecule has 8 atom stereocenters. The predicted molar refractivity (Wildman–Crippen MR) is 308 cm³/mol. The van der Waals surface area contributed by atoms with Gasteiger partial charge in [0, 0.05) is 82.0 Å². The molecule has 74 heavy (non-hydrogen) atoms. The van der Waals surface area contributed by atoms with E-state index in [1.54, 1.807) is 0 Å². The Kier molecular flexibility index (Phi) is 20.0. The molecule has 4 aliphatic rings. The molecule has 2 aromatic rings.